The van der Waals surface area contributed by atoms with E-state index in [0.29, 0.717) is 5.56 Å². The number of imidazole rings is 1. The van der Waals surface area contributed by atoms with Crippen molar-refractivity contribution in [1.29, 1.82) is 0 Å². The maximum absolute atomic E-state index is 13.4. The normalized spacial score (nSPS) is 15.6. The molecule has 0 bridgehead atoms. The quantitative estimate of drug-likeness (QED) is 0.650. The number of hydrogen-bond donors (Lipinski definition) is 1. The average Bonchev–Trinajstić information content (AvgIpc) is 3.30. The molecule has 1 aliphatic rings. The number of aromatic nitrogens is 2. The number of benzene rings is 2. The third-order valence-corrected chi connectivity index (χ3v) is 5.52. The predicted octanol–water partition coefficient (Wildman–Crippen LogP) is 3.89. The maximum Gasteiger partial charge on any atom is 0.416 e. The van der Waals surface area contributed by atoms with E-state index in [9.17, 15) is 18.0 Å². The van der Waals surface area contributed by atoms with Gasteiger partial charge in [0.05, 0.1) is 11.9 Å². The van der Waals surface area contributed by atoms with Crippen molar-refractivity contribution in [3.05, 3.63) is 77.9 Å². The number of amides is 1. The highest BCUT2D eigenvalue weighted by molar-refractivity contribution is 6.04. The Labute approximate surface area is 184 Å². The predicted molar refractivity (Wildman–Crippen MR) is 116 cm³/mol. The van der Waals surface area contributed by atoms with Gasteiger partial charge in [0.2, 0.25) is 0 Å². The molecule has 0 spiro atoms. The van der Waals surface area contributed by atoms with E-state index >= 15 is 0 Å². The molecule has 32 heavy (non-hydrogen) atoms. The van der Waals surface area contributed by atoms with Crippen LogP contribution >= 0.6 is 0 Å². The molecule has 0 saturated carbocycles. The van der Waals surface area contributed by atoms with Crippen molar-refractivity contribution in [3.8, 4) is 5.69 Å². The molecule has 0 radical (unpaired) electrons. The molecule has 0 aliphatic carbocycles. The zero-order chi connectivity index (χ0) is 22.7. The first kappa shape index (κ1) is 22.0. The number of carbonyl (C=O) groups excluding carboxylic acids is 1. The zero-order valence-corrected chi connectivity index (χ0v) is 17.6. The van der Waals surface area contributed by atoms with Crippen LogP contribution in [-0.2, 0) is 12.7 Å². The molecule has 0 atom stereocenters. The van der Waals surface area contributed by atoms with Crippen LogP contribution in [0.3, 0.4) is 0 Å². The summed E-state index contributed by atoms with van der Waals surface area (Å²) < 4.78 is 41.5. The van der Waals surface area contributed by atoms with Crippen molar-refractivity contribution >= 4 is 11.6 Å². The van der Waals surface area contributed by atoms with Crippen LogP contribution in [0.5, 0.6) is 0 Å². The van der Waals surface area contributed by atoms with Crippen molar-refractivity contribution in [2.24, 2.45) is 0 Å². The minimum Gasteiger partial charge on any atom is -0.322 e. The SMILES string of the molecule is CN1CCN(Cc2ccc(C(=O)Nc3cc(-n4ccnc4)cc(C(F)(F)F)c3)cc2)CC1. The van der Waals surface area contributed by atoms with Crippen LogP contribution in [0.15, 0.2) is 61.2 Å². The monoisotopic (exact) mass is 443 g/mol. The molecular weight excluding hydrogens is 419 g/mol. The molecule has 2 heterocycles. The van der Waals surface area contributed by atoms with Crippen molar-refractivity contribution in [2.75, 3.05) is 38.5 Å². The zero-order valence-electron chi connectivity index (χ0n) is 17.6. The number of hydrogen-bond acceptors (Lipinski definition) is 4. The summed E-state index contributed by atoms with van der Waals surface area (Å²) in [6.45, 7) is 4.84. The van der Waals surface area contributed by atoms with Gasteiger partial charge in [-0.05, 0) is 42.9 Å². The Bertz CT molecular complexity index is 1060. The topological polar surface area (TPSA) is 53.4 Å². The van der Waals surface area contributed by atoms with Crippen LogP contribution in [-0.4, -0.2) is 58.5 Å². The summed E-state index contributed by atoms with van der Waals surface area (Å²) >= 11 is 0. The summed E-state index contributed by atoms with van der Waals surface area (Å²) in [6.07, 6.45) is -0.121. The second-order valence-corrected chi connectivity index (χ2v) is 7.97. The van der Waals surface area contributed by atoms with Crippen LogP contribution in [0.25, 0.3) is 5.69 Å². The van der Waals surface area contributed by atoms with Crippen molar-refractivity contribution in [1.82, 2.24) is 19.4 Å². The fourth-order valence-electron chi connectivity index (χ4n) is 3.64. The third-order valence-electron chi connectivity index (χ3n) is 5.52. The molecule has 3 aromatic rings. The van der Waals surface area contributed by atoms with E-state index in [4.69, 9.17) is 0 Å². The standard InChI is InChI=1S/C23H24F3N5O/c1-29-8-10-30(11-9-29)15-17-2-4-18(5-3-17)22(32)28-20-12-19(23(24,25)26)13-21(14-20)31-7-6-27-16-31/h2-7,12-14,16H,8-11,15H2,1H3,(H,28,32). The van der Waals surface area contributed by atoms with E-state index in [1.807, 2.05) is 12.1 Å². The summed E-state index contributed by atoms with van der Waals surface area (Å²) in [5, 5.41) is 2.59. The Hall–Kier alpha value is -3.17. The molecule has 9 heteroatoms. The van der Waals surface area contributed by atoms with E-state index in [1.54, 1.807) is 18.3 Å². The molecule has 1 N–H and O–H groups in total. The number of piperazine rings is 1. The van der Waals surface area contributed by atoms with Gasteiger partial charge in [-0.3, -0.25) is 9.69 Å². The molecule has 1 saturated heterocycles. The number of nitrogens with zero attached hydrogens (tertiary/aromatic N) is 4. The molecule has 4 rings (SSSR count). The van der Waals surface area contributed by atoms with Crippen LogP contribution in [0.1, 0.15) is 21.5 Å². The molecule has 2 aromatic carbocycles. The maximum atomic E-state index is 13.4. The third kappa shape index (κ3) is 5.35. The van der Waals surface area contributed by atoms with Gasteiger partial charge in [0, 0.05) is 62.1 Å². The van der Waals surface area contributed by atoms with E-state index in [0.717, 1.165) is 50.4 Å². The number of carbonyl (C=O) groups is 1. The average molecular weight is 443 g/mol. The number of halogens is 3. The number of anilines is 1. The first-order chi connectivity index (χ1) is 15.3. The molecule has 168 valence electrons. The van der Waals surface area contributed by atoms with Gasteiger partial charge in [-0.2, -0.15) is 13.2 Å². The van der Waals surface area contributed by atoms with Crippen LogP contribution in [0.4, 0.5) is 18.9 Å². The Balaban J connectivity index is 1.48. The number of alkyl halides is 3. The van der Waals surface area contributed by atoms with Crippen molar-refractivity contribution in [2.45, 2.75) is 12.7 Å². The van der Waals surface area contributed by atoms with E-state index in [2.05, 4.69) is 27.1 Å². The van der Waals surface area contributed by atoms with Crippen LogP contribution < -0.4 is 5.32 Å². The number of likely N-dealkylation sites (N-methyl/N-ethyl adjacent to an activating group) is 1. The van der Waals surface area contributed by atoms with Crippen LogP contribution in [0.2, 0.25) is 0 Å². The lowest BCUT2D eigenvalue weighted by Crippen LogP contribution is -2.43. The Morgan fingerprint density at radius 3 is 2.41 bits per heavy atom. The first-order valence-electron chi connectivity index (χ1n) is 10.3. The minimum atomic E-state index is -4.54. The summed E-state index contributed by atoms with van der Waals surface area (Å²) in [5.74, 6) is -0.466. The van der Waals surface area contributed by atoms with Gasteiger partial charge in [-0.15, -0.1) is 0 Å². The number of nitrogens with one attached hydrogen (secondary N) is 1. The fraction of sp³-hybridized carbons (Fsp3) is 0.304. The van der Waals surface area contributed by atoms with Crippen LogP contribution in [0, 0.1) is 0 Å². The lowest BCUT2D eigenvalue weighted by atomic mass is 10.1. The van der Waals surface area contributed by atoms with Gasteiger partial charge in [0.15, 0.2) is 0 Å². The van der Waals surface area contributed by atoms with Gasteiger partial charge >= 0.3 is 6.18 Å². The molecule has 1 fully saturated rings. The first-order valence-corrected chi connectivity index (χ1v) is 10.3. The smallest absolute Gasteiger partial charge is 0.322 e. The van der Waals surface area contributed by atoms with Gasteiger partial charge in [-0.25, -0.2) is 4.98 Å². The highest BCUT2D eigenvalue weighted by Gasteiger charge is 2.31. The van der Waals surface area contributed by atoms with Gasteiger partial charge in [0.1, 0.15) is 0 Å². The van der Waals surface area contributed by atoms with Crippen molar-refractivity contribution in [3.63, 3.8) is 0 Å². The fourth-order valence-corrected chi connectivity index (χ4v) is 3.64. The van der Waals surface area contributed by atoms with E-state index in [-0.39, 0.29) is 11.4 Å². The highest BCUT2D eigenvalue weighted by Crippen LogP contribution is 2.33. The molecule has 1 aromatic heterocycles. The second-order valence-electron chi connectivity index (χ2n) is 7.97. The summed E-state index contributed by atoms with van der Waals surface area (Å²) in [6, 6.07) is 10.6. The molecule has 0 unspecified atom stereocenters. The molecule has 6 nitrogen and oxygen atoms in total. The Kier molecular flexibility index (Phi) is 6.29. The van der Waals surface area contributed by atoms with Crippen molar-refractivity contribution < 1.29 is 18.0 Å². The van der Waals surface area contributed by atoms with E-state index < -0.39 is 17.6 Å². The minimum absolute atomic E-state index is 0.0649. The molecule has 1 aliphatic heterocycles. The highest BCUT2D eigenvalue weighted by atomic mass is 19.4. The number of rotatable bonds is 5. The Morgan fingerprint density at radius 1 is 1.06 bits per heavy atom. The largest absolute Gasteiger partial charge is 0.416 e. The Morgan fingerprint density at radius 2 is 1.78 bits per heavy atom. The summed E-state index contributed by atoms with van der Waals surface area (Å²) in [7, 11) is 2.10. The van der Waals surface area contributed by atoms with Gasteiger partial charge in [0.25, 0.3) is 5.91 Å². The lowest BCUT2D eigenvalue weighted by molar-refractivity contribution is -0.137. The van der Waals surface area contributed by atoms with Gasteiger partial charge in [-0.1, -0.05) is 12.1 Å². The molecule has 1 amide bonds. The lowest BCUT2D eigenvalue weighted by Gasteiger charge is -2.32. The summed E-state index contributed by atoms with van der Waals surface area (Å²) in [5.41, 5.74) is 0.952. The summed E-state index contributed by atoms with van der Waals surface area (Å²) in [4.78, 5) is 21.2. The molecular formula is C23H24F3N5O. The van der Waals surface area contributed by atoms with E-state index in [1.165, 1.54) is 23.2 Å². The van der Waals surface area contributed by atoms with Gasteiger partial charge < -0.3 is 14.8 Å². The second kappa shape index (κ2) is 9.13.